The lowest BCUT2D eigenvalue weighted by Gasteiger charge is -2.31. The van der Waals surface area contributed by atoms with Crippen LogP contribution in [0.15, 0.2) is 24.3 Å². The highest BCUT2D eigenvalue weighted by Gasteiger charge is 2.33. The van der Waals surface area contributed by atoms with Gasteiger partial charge in [0.25, 0.3) is 5.91 Å². The molecular formula is C15H19IN2O4S. The number of carbonyl (C=O) groups excluding carboxylic acids is 2. The summed E-state index contributed by atoms with van der Waals surface area (Å²) in [5, 5.41) is 1.77. The molecule has 1 heterocycles. The molecule has 0 radical (unpaired) electrons. The molecule has 1 N–H and O–H groups in total. The third-order valence-corrected chi connectivity index (χ3v) is 6.74. The van der Waals surface area contributed by atoms with Gasteiger partial charge < -0.3 is 10.2 Å². The van der Waals surface area contributed by atoms with Crippen molar-refractivity contribution in [1.82, 2.24) is 10.2 Å². The van der Waals surface area contributed by atoms with Gasteiger partial charge in [0, 0.05) is 29.3 Å². The number of benzene rings is 1. The number of nitrogens with one attached hydrogen (secondary N) is 1. The fourth-order valence-corrected chi connectivity index (χ4v) is 4.81. The van der Waals surface area contributed by atoms with Crippen LogP contribution in [-0.2, 0) is 14.6 Å². The van der Waals surface area contributed by atoms with Crippen molar-refractivity contribution >= 4 is 44.2 Å². The Hall–Kier alpha value is -1.16. The van der Waals surface area contributed by atoms with E-state index in [4.69, 9.17) is 0 Å². The van der Waals surface area contributed by atoms with Crippen molar-refractivity contribution in [1.29, 1.82) is 0 Å². The van der Waals surface area contributed by atoms with Gasteiger partial charge in [-0.2, -0.15) is 0 Å². The maximum Gasteiger partial charge on any atom is 0.253 e. The van der Waals surface area contributed by atoms with Crippen LogP contribution in [0.5, 0.6) is 0 Å². The Kier molecular flexibility index (Phi) is 6.01. The molecule has 0 aliphatic carbocycles. The zero-order chi connectivity index (χ0) is 17.0. The fourth-order valence-electron chi connectivity index (χ4n) is 2.59. The second-order valence-corrected chi connectivity index (χ2v) is 9.01. The van der Waals surface area contributed by atoms with Crippen LogP contribution in [-0.4, -0.2) is 56.3 Å². The van der Waals surface area contributed by atoms with Crippen LogP contribution in [0.3, 0.4) is 0 Å². The molecule has 0 saturated carbocycles. The molecule has 1 aliphatic rings. The van der Waals surface area contributed by atoms with Gasteiger partial charge in [0.15, 0.2) is 9.84 Å². The zero-order valence-corrected chi connectivity index (χ0v) is 15.8. The minimum Gasteiger partial charge on any atom is -0.358 e. The molecule has 1 aliphatic heterocycles. The van der Waals surface area contributed by atoms with Crippen LogP contribution in [0.4, 0.5) is 0 Å². The maximum absolute atomic E-state index is 12.4. The van der Waals surface area contributed by atoms with Crippen molar-refractivity contribution < 1.29 is 18.0 Å². The number of piperidine rings is 1. The largest absolute Gasteiger partial charge is 0.358 e. The SMILES string of the molecule is CNC(=O)CS(=O)(=O)C1CCN(C(=O)c2cccc(I)c2)CC1. The normalized spacial score (nSPS) is 16.2. The van der Waals surface area contributed by atoms with Crippen LogP contribution >= 0.6 is 22.6 Å². The van der Waals surface area contributed by atoms with Crippen LogP contribution in [0.1, 0.15) is 23.2 Å². The van der Waals surface area contributed by atoms with Crippen LogP contribution in [0.25, 0.3) is 0 Å². The Morgan fingerprint density at radius 3 is 2.52 bits per heavy atom. The predicted molar refractivity (Wildman–Crippen MR) is 95.9 cm³/mol. The van der Waals surface area contributed by atoms with Gasteiger partial charge in [-0.3, -0.25) is 9.59 Å². The summed E-state index contributed by atoms with van der Waals surface area (Å²) in [5.41, 5.74) is 0.614. The standard InChI is InChI=1S/C15H19IN2O4S/c1-17-14(19)10-23(21,22)13-5-7-18(8-6-13)15(20)11-3-2-4-12(16)9-11/h2-4,9,13H,5-8,10H2,1H3,(H,17,19). The summed E-state index contributed by atoms with van der Waals surface area (Å²) in [5.74, 6) is -1.06. The number of halogens is 1. The van der Waals surface area contributed by atoms with Gasteiger partial charge in [0.05, 0.1) is 5.25 Å². The molecule has 1 saturated heterocycles. The molecule has 23 heavy (non-hydrogen) atoms. The van der Waals surface area contributed by atoms with E-state index in [0.29, 0.717) is 31.5 Å². The average molecular weight is 450 g/mol. The van der Waals surface area contributed by atoms with Crippen molar-refractivity contribution in [2.45, 2.75) is 18.1 Å². The minimum absolute atomic E-state index is 0.0781. The highest BCUT2D eigenvalue weighted by molar-refractivity contribution is 14.1. The quantitative estimate of drug-likeness (QED) is 0.696. The van der Waals surface area contributed by atoms with Crippen molar-refractivity contribution in [2.75, 3.05) is 25.9 Å². The van der Waals surface area contributed by atoms with Gasteiger partial charge in [-0.05, 0) is 53.6 Å². The van der Waals surface area contributed by atoms with Crippen molar-refractivity contribution in [3.8, 4) is 0 Å². The number of rotatable bonds is 4. The van der Waals surface area contributed by atoms with E-state index in [1.165, 1.54) is 7.05 Å². The Bertz CT molecular complexity index is 697. The van der Waals surface area contributed by atoms with Crippen LogP contribution in [0, 0.1) is 3.57 Å². The Labute approximate surface area is 149 Å². The van der Waals surface area contributed by atoms with Gasteiger partial charge in [-0.25, -0.2) is 8.42 Å². The van der Waals surface area contributed by atoms with Gasteiger partial charge in [0.2, 0.25) is 5.91 Å². The Morgan fingerprint density at radius 1 is 1.30 bits per heavy atom. The van der Waals surface area contributed by atoms with E-state index in [9.17, 15) is 18.0 Å². The first-order valence-corrected chi connectivity index (χ1v) is 10.1. The van der Waals surface area contributed by atoms with Gasteiger partial charge in [-0.1, -0.05) is 6.07 Å². The summed E-state index contributed by atoms with van der Waals surface area (Å²) in [6, 6.07) is 7.32. The second kappa shape index (κ2) is 7.61. The van der Waals surface area contributed by atoms with Crippen molar-refractivity contribution in [2.24, 2.45) is 0 Å². The van der Waals surface area contributed by atoms with E-state index >= 15 is 0 Å². The maximum atomic E-state index is 12.4. The molecule has 2 amide bonds. The second-order valence-electron chi connectivity index (χ2n) is 5.48. The first-order chi connectivity index (χ1) is 10.8. The van der Waals surface area contributed by atoms with E-state index in [1.54, 1.807) is 11.0 Å². The molecule has 0 unspecified atom stereocenters. The summed E-state index contributed by atoms with van der Waals surface area (Å²) in [4.78, 5) is 25.4. The number of sulfone groups is 1. The fraction of sp³-hybridized carbons (Fsp3) is 0.467. The molecule has 1 aromatic rings. The number of hydrogen-bond acceptors (Lipinski definition) is 4. The molecule has 0 bridgehead atoms. The molecule has 0 aromatic heterocycles. The summed E-state index contributed by atoms with van der Waals surface area (Å²) < 4.78 is 25.3. The summed E-state index contributed by atoms with van der Waals surface area (Å²) >= 11 is 2.15. The van der Waals surface area contributed by atoms with E-state index in [1.807, 2.05) is 18.2 Å². The number of carbonyl (C=O) groups is 2. The number of nitrogens with zero attached hydrogens (tertiary/aromatic N) is 1. The molecule has 2 rings (SSSR count). The molecule has 6 nitrogen and oxygen atoms in total. The zero-order valence-electron chi connectivity index (χ0n) is 12.8. The molecule has 0 atom stereocenters. The Morgan fingerprint density at radius 2 is 1.96 bits per heavy atom. The Balaban J connectivity index is 1.98. The van der Waals surface area contributed by atoms with Crippen molar-refractivity contribution in [3.05, 3.63) is 33.4 Å². The van der Waals surface area contributed by atoms with E-state index in [-0.39, 0.29) is 5.91 Å². The monoisotopic (exact) mass is 450 g/mol. The van der Waals surface area contributed by atoms with Crippen LogP contribution < -0.4 is 5.32 Å². The lowest BCUT2D eigenvalue weighted by molar-refractivity contribution is -0.118. The third-order valence-electron chi connectivity index (χ3n) is 3.92. The number of amides is 2. The van der Waals surface area contributed by atoms with E-state index in [2.05, 4.69) is 27.9 Å². The smallest absolute Gasteiger partial charge is 0.253 e. The molecule has 1 fully saturated rings. The molecular weight excluding hydrogens is 431 g/mol. The average Bonchev–Trinajstić information content (AvgIpc) is 2.53. The molecule has 126 valence electrons. The predicted octanol–water partition coefficient (Wildman–Crippen LogP) is 1.06. The summed E-state index contributed by atoms with van der Waals surface area (Å²) in [6.07, 6.45) is 0.740. The highest BCUT2D eigenvalue weighted by atomic mass is 127. The van der Waals surface area contributed by atoms with Crippen LogP contribution in [0.2, 0.25) is 0 Å². The number of likely N-dealkylation sites (tertiary alicyclic amines) is 1. The summed E-state index contributed by atoms with van der Waals surface area (Å²) in [7, 11) is -2.05. The third kappa shape index (κ3) is 4.66. The van der Waals surface area contributed by atoms with E-state index < -0.39 is 26.7 Å². The molecule has 1 aromatic carbocycles. The number of hydrogen-bond donors (Lipinski definition) is 1. The molecule has 0 spiro atoms. The topological polar surface area (TPSA) is 83.6 Å². The first-order valence-electron chi connectivity index (χ1n) is 7.30. The van der Waals surface area contributed by atoms with E-state index in [0.717, 1.165) is 3.57 Å². The van der Waals surface area contributed by atoms with Gasteiger partial charge in [-0.15, -0.1) is 0 Å². The minimum atomic E-state index is -3.47. The van der Waals surface area contributed by atoms with Crippen molar-refractivity contribution in [3.63, 3.8) is 0 Å². The van der Waals surface area contributed by atoms with Gasteiger partial charge in [0.1, 0.15) is 5.75 Å². The lowest BCUT2D eigenvalue weighted by Crippen LogP contribution is -2.44. The first kappa shape index (κ1) is 18.2. The highest BCUT2D eigenvalue weighted by Crippen LogP contribution is 2.20. The van der Waals surface area contributed by atoms with Gasteiger partial charge >= 0.3 is 0 Å². The summed E-state index contributed by atoms with van der Waals surface area (Å²) in [6.45, 7) is 0.782. The molecule has 8 heteroatoms. The lowest BCUT2D eigenvalue weighted by atomic mass is 10.1.